The van der Waals surface area contributed by atoms with Gasteiger partial charge in [-0.1, -0.05) is 0 Å². The molecule has 30 heavy (non-hydrogen) atoms. The first kappa shape index (κ1) is 22.2. The molecule has 12 heteroatoms. The molecule has 3 rings (SSSR count). The SMILES string of the molecule is CC(C)Oc1cnc(-c2nsc(Nc3ncccc3SN(C)C)n2)cc1C(F)(F)F. The van der Waals surface area contributed by atoms with Crippen molar-refractivity contribution in [3.63, 3.8) is 0 Å². The number of aromatic nitrogens is 4. The standard InChI is InChI=1S/C18H19F3N6OS2/c1-10(2)28-13-9-23-12(8-11(13)18(19,20)21)15-24-17(29-26-15)25-16-14(30-27(3)4)6-5-7-22-16/h5-10H,1-4H3,(H,22,24,25,26). The molecule has 0 spiro atoms. The summed E-state index contributed by atoms with van der Waals surface area (Å²) >= 11 is 2.48. The third-order valence-corrected chi connectivity index (χ3v) is 4.99. The Balaban J connectivity index is 1.88. The minimum atomic E-state index is -4.59. The maximum absolute atomic E-state index is 13.5. The van der Waals surface area contributed by atoms with Gasteiger partial charge < -0.3 is 10.1 Å². The second-order valence-electron chi connectivity index (χ2n) is 6.53. The van der Waals surface area contributed by atoms with Gasteiger partial charge in [-0.3, -0.25) is 4.31 Å². The van der Waals surface area contributed by atoms with Crippen molar-refractivity contribution < 1.29 is 17.9 Å². The lowest BCUT2D eigenvalue weighted by Crippen LogP contribution is -2.13. The molecule has 1 N–H and O–H groups in total. The summed E-state index contributed by atoms with van der Waals surface area (Å²) in [7, 11) is 3.81. The van der Waals surface area contributed by atoms with Gasteiger partial charge in [0.05, 0.1) is 17.2 Å². The lowest BCUT2D eigenvalue weighted by Gasteiger charge is -2.16. The molecule has 0 aliphatic carbocycles. The van der Waals surface area contributed by atoms with Crippen LogP contribution < -0.4 is 10.1 Å². The average Bonchev–Trinajstić information content (AvgIpc) is 3.10. The van der Waals surface area contributed by atoms with Crippen LogP contribution in [-0.4, -0.2) is 43.8 Å². The number of hydrogen-bond acceptors (Lipinski definition) is 9. The Hall–Kier alpha value is -2.44. The summed E-state index contributed by atoms with van der Waals surface area (Å²) in [5.41, 5.74) is -0.911. The van der Waals surface area contributed by atoms with Crippen molar-refractivity contribution >= 4 is 34.4 Å². The van der Waals surface area contributed by atoms with E-state index in [1.54, 1.807) is 20.0 Å². The number of ether oxygens (including phenoxy) is 1. The Morgan fingerprint density at radius 3 is 2.67 bits per heavy atom. The van der Waals surface area contributed by atoms with Crippen LogP contribution in [0, 0.1) is 0 Å². The Morgan fingerprint density at radius 1 is 1.23 bits per heavy atom. The fourth-order valence-corrected chi connectivity index (χ4v) is 3.67. The first-order chi connectivity index (χ1) is 14.1. The van der Waals surface area contributed by atoms with Gasteiger partial charge in [-0.2, -0.15) is 22.5 Å². The smallest absolute Gasteiger partial charge is 0.420 e. The monoisotopic (exact) mass is 456 g/mol. The minimum absolute atomic E-state index is 0.00615. The van der Waals surface area contributed by atoms with Crippen LogP contribution in [0.3, 0.4) is 0 Å². The predicted octanol–water partition coefficient (Wildman–Crippen LogP) is 5.11. The van der Waals surface area contributed by atoms with E-state index in [4.69, 9.17) is 4.74 Å². The molecule has 0 radical (unpaired) electrons. The molecule has 0 aromatic carbocycles. The normalized spacial score (nSPS) is 11.9. The summed E-state index contributed by atoms with van der Waals surface area (Å²) in [5.74, 6) is 0.332. The van der Waals surface area contributed by atoms with Gasteiger partial charge in [-0.05, 0) is 58.1 Å². The second-order valence-corrected chi connectivity index (χ2v) is 8.64. The van der Waals surface area contributed by atoms with E-state index in [0.29, 0.717) is 10.9 Å². The van der Waals surface area contributed by atoms with Gasteiger partial charge in [-0.15, -0.1) is 0 Å². The summed E-state index contributed by atoms with van der Waals surface area (Å²) in [6.45, 7) is 3.29. The van der Waals surface area contributed by atoms with E-state index in [1.165, 1.54) is 11.9 Å². The number of anilines is 2. The first-order valence-corrected chi connectivity index (χ1v) is 10.3. The van der Waals surface area contributed by atoms with Crippen LogP contribution in [0.2, 0.25) is 0 Å². The highest BCUT2D eigenvalue weighted by molar-refractivity contribution is 7.97. The van der Waals surface area contributed by atoms with Crippen molar-refractivity contribution in [1.82, 2.24) is 23.6 Å². The number of rotatable bonds is 7. The molecular formula is C18H19F3N6OS2. The molecule has 3 aromatic rings. The van der Waals surface area contributed by atoms with E-state index < -0.39 is 17.8 Å². The third kappa shape index (κ3) is 5.58. The molecule has 160 valence electrons. The van der Waals surface area contributed by atoms with Gasteiger partial charge in [0.15, 0.2) is 5.82 Å². The highest BCUT2D eigenvalue weighted by atomic mass is 32.2. The van der Waals surface area contributed by atoms with Crippen molar-refractivity contribution in [2.45, 2.75) is 31.0 Å². The average molecular weight is 457 g/mol. The van der Waals surface area contributed by atoms with Crippen LogP contribution in [0.15, 0.2) is 35.5 Å². The van der Waals surface area contributed by atoms with Crippen LogP contribution in [-0.2, 0) is 6.18 Å². The summed E-state index contributed by atoms with van der Waals surface area (Å²) in [6, 6.07) is 4.61. The van der Waals surface area contributed by atoms with Gasteiger partial charge in [0.25, 0.3) is 0 Å². The van der Waals surface area contributed by atoms with Gasteiger partial charge in [0.2, 0.25) is 5.13 Å². The summed E-state index contributed by atoms with van der Waals surface area (Å²) in [5, 5.41) is 3.45. The number of pyridine rings is 2. The van der Waals surface area contributed by atoms with E-state index in [0.717, 1.165) is 28.7 Å². The molecule has 0 saturated heterocycles. The number of alkyl halides is 3. The fraction of sp³-hybridized carbons (Fsp3) is 0.333. The van der Waals surface area contributed by atoms with Crippen LogP contribution in [0.4, 0.5) is 24.1 Å². The molecule has 0 aliphatic heterocycles. The Kier molecular flexibility index (Phi) is 6.78. The number of nitrogens with zero attached hydrogens (tertiary/aromatic N) is 5. The van der Waals surface area contributed by atoms with Crippen LogP contribution >= 0.6 is 23.5 Å². The zero-order valence-electron chi connectivity index (χ0n) is 16.6. The van der Waals surface area contributed by atoms with E-state index in [-0.39, 0.29) is 17.3 Å². The van der Waals surface area contributed by atoms with E-state index >= 15 is 0 Å². The quantitative estimate of drug-likeness (QED) is 0.492. The van der Waals surface area contributed by atoms with Crippen LogP contribution in [0.5, 0.6) is 5.75 Å². The fourth-order valence-electron chi connectivity index (χ4n) is 2.37. The Labute approximate surface area is 180 Å². The lowest BCUT2D eigenvalue weighted by atomic mass is 10.2. The van der Waals surface area contributed by atoms with Gasteiger partial charge in [0.1, 0.15) is 22.8 Å². The number of hydrogen-bond donors (Lipinski definition) is 1. The molecule has 7 nitrogen and oxygen atoms in total. The molecular weight excluding hydrogens is 437 g/mol. The topological polar surface area (TPSA) is 76.1 Å². The molecule has 0 bridgehead atoms. The molecule has 0 saturated carbocycles. The molecule has 0 fully saturated rings. The zero-order chi connectivity index (χ0) is 21.9. The molecule has 0 amide bonds. The maximum atomic E-state index is 13.5. The third-order valence-electron chi connectivity index (χ3n) is 3.47. The summed E-state index contributed by atoms with van der Waals surface area (Å²) in [6.07, 6.45) is -2.32. The van der Waals surface area contributed by atoms with Crippen molar-refractivity contribution in [1.29, 1.82) is 0 Å². The molecule has 0 atom stereocenters. The van der Waals surface area contributed by atoms with Crippen molar-refractivity contribution in [2.75, 3.05) is 19.4 Å². The highest BCUT2D eigenvalue weighted by Crippen LogP contribution is 2.38. The minimum Gasteiger partial charge on any atom is -0.489 e. The highest BCUT2D eigenvalue weighted by Gasteiger charge is 2.35. The van der Waals surface area contributed by atoms with Gasteiger partial charge in [-0.25, -0.2) is 9.97 Å². The van der Waals surface area contributed by atoms with E-state index in [2.05, 4.69) is 24.6 Å². The van der Waals surface area contributed by atoms with Gasteiger partial charge in [0, 0.05) is 17.7 Å². The lowest BCUT2D eigenvalue weighted by molar-refractivity contribution is -0.139. The van der Waals surface area contributed by atoms with E-state index in [9.17, 15) is 13.2 Å². The predicted molar refractivity (Wildman–Crippen MR) is 111 cm³/mol. The van der Waals surface area contributed by atoms with Crippen LogP contribution in [0.1, 0.15) is 19.4 Å². The van der Waals surface area contributed by atoms with Crippen molar-refractivity contribution in [2.24, 2.45) is 0 Å². The summed E-state index contributed by atoms with van der Waals surface area (Å²) in [4.78, 5) is 13.5. The zero-order valence-corrected chi connectivity index (χ0v) is 18.2. The second kappa shape index (κ2) is 9.14. The maximum Gasteiger partial charge on any atom is 0.420 e. The largest absolute Gasteiger partial charge is 0.489 e. The van der Waals surface area contributed by atoms with Gasteiger partial charge >= 0.3 is 6.18 Å². The Morgan fingerprint density at radius 2 is 2.00 bits per heavy atom. The Bertz CT molecular complexity index is 1010. The molecule has 0 unspecified atom stereocenters. The van der Waals surface area contributed by atoms with Crippen LogP contribution in [0.25, 0.3) is 11.5 Å². The number of halogens is 3. The molecule has 0 aliphatic rings. The van der Waals surface area contributed by atoms with E-state index in [1.807, 2.05) is 30.5 Å². The number of nitrogens with one attached hydrogen (secondary N) is 1. The first-order valence-electron chi connectivity index (χ1n) is 8.79. The van der Waals surface area contributed by atoms with Crippen molar-refractivity contribution in [3.8, 4) is 17.3 Å². The summed E-state index contributed by atoms with van der Waals surface area (Å²) < 4.78 is 51.7. The molecule has 3 heterocycles. The van der Waals surface area contributed by atoms with Crippen molar-refractivity contribution in [3.05, 3.63) is 36.2 Å². The molecule has 3 aromatic heterocycles.